The van der Waals surface area contributed by atoms with E-state index in [1.165, 1.54) is 36.3 Å². The van der Waals surface area contributed by atoms with Crippen LogP contribution < -0.4 is 0 Å². The van der Waals surface area contributed by atoms with Crippen LogP contribution in [0.3, 0.4) is 0 Å². The summed E-state index contributed by atoms with van der Waals surface area (Å²) in [7, 11) is 0. The summed E-state index contributed by atoms with van der Waals surface area (Å²) >= 11 is 1.83. The predicted molar refractivity (Wildman–Crippen MR) is 213 cm³/mol. The Hall–Kier alpha value is -6.56. The molecule has 5 heteroatoms. The highest BCUT2D eigenvalue weighted by molar-refractivity contribution is 7.26. The molecule has 0 fully saturated rings. The van der Waals surface area contributed by atoms with Crippen molar-refractivity contribution >= 4 is 53.2 Å². The molecule has 10 aromatic rings. The molecule has 0 radical (unpaired) electrons. The molecule has 0 atom stereocenters. The van der Waals surface area contributed by atoms with E-state index >= 15 is 0 Å². The van der Waals surface area contributed by atoms with E-state index in [0.717, 1.165) is 61.8 Å². The Morgan fingerprint density at radius 2 is 0.941 bits per heavy atom. The Bertz CT molecular complexity index is 2820. The van der Waals surface area contributed by atoms with Gasteiger partial charge < -0.3 is 0 Å². The molecule has 5 heterocycles. The molecule has 0 spiro atoms. The third kappa shape index (κ3) is 5.23. The first-order valence-electron chi connectivity index (χ1n) is 17.0. The summed E-state index contributed by atoms with van der Waals surface area (Å²) in [4.78, 5) is 19.4. The third-order valence-corrected chi connectivity index (χ3v) is 10.7. The molecule has 0 saturated carbocycles. The SMILES string of the molecule is c1ccc(-c2cc(-c3ccc(-c4ccc(-c5nc6cc7ccccc7cc6c6c5sc5ccccc56)cc4)cc3)cc(-c3ccccn3)n2)nc1. The monoisotopic (exact) mass is 668 g/mol. The van der Waals surface area contributed by atoms with E-state index in [1.807, 2.05) is 47.7 Å². The van der Waals surface area contributed by atoms with Crippen LogP contribution in [-0.4, -0.2) is 19.9 Å². The van der Waals surface area contributed by atoms with Gasteiger partial charge in [0.1, 0.15) is 0 Å². The number of hydrogen-bond acceptors (Lipinski definition) is 5. The Kier molecular flexibility index (Phi) is 6.96. The molecular formula is C46H28N4S. The molecule has 0 aliphatic carbocycles. The zero-order valence-electron chi connectivity index (χ0n) is 27.4. The second-order valence-electron chi connectivity index (χ2n) is 12.7. The number of rotatable bonds is 5. The summed E-state index contributed by atoms with van der Waals surface area (Å²) < 4.78 is 2.50. The first kappa shape index (κ1) is 29.4. The smallest absolute Gasteiger partial charge is 0.0900 e. The lowest BCUT2D eigenvalue weighted by Gasteiger charge is -2.11. The van der Waals surface area contributed by atoms with Crippen LogP contribution in [0.2, 0.25) is 0 Å². The van der Waals surface area contributed by atoms with Gasteiger partial charge in [-0.2, -0.15) is 0 Å². The van der Waals surface area contributed by atoms with Crippen molar-refractivity contribution in [3.05, 3.63) is 170 Å². The zero-order chi connectivity index (χ0) is 33.7. The van der Waals surface area contributed by atoms with Crippen molar-refractivity contribution in [3.63, 3.8) is 0 Å². The summed E-state index contributed by atoms with van der Waals surface area (Å²) in [5.74, 6) is 0. The molecule has 10 rings (SSSR count). The van der Waals surface area contributed by atoms with E-state index in [1.54, 1.807) is 12.4 Å². The van der Waals surface area contributed by atoms with E-state index in [2.05, 4.69) is 131 Å². The lowest BCUT2D eigenvalue weighted by Crippen LogP contribution is -1.94. The first-order valence-corrected chi connectivity index (χ1v) is 17.8. The van der Waals surface area contributed by atoms with Crippen molar-refractivity contribution in [1.29, 1.82) is 0 Å². The number of thiophene rings is 1. The fraction of sp³-hybridized carbons (Fsp3) is 0. The predicted octanol–water partition coefficient (Wildman–Crippen LogP) is 12.3. The third-order valence-electron chi connectivity index (χ3n) is 9.57. The molecule has 0 bridgehead atoms. The summed E-state index contributed by atoms with van der Waals surface area (Å²) in [5, 5.41) is 6.21. The van der Waals surface area contributed by atoms with Crippen LogP contribution in [0.5, 0.6) is 0 Å². The minimum atomic E-state index is 0.816. The fourth-order valence-electron chi connectivity index (χ4n) is 7.03. The lowest BCUT2D eigenvalue weighted by molar-refractivity contribution is 1.22. The maximum absolute atomic E-state index is 5.32. The summed E-state index contributed by atoms with van der Waals surface area (Å²) in [6, 6.07) is 55.4. The van der Waals surface area contributed by atoms with E-state index < -0.39 is 0 Å². The molecule has 4 nitrogen and oxygen atoms in total. The van der Waals surface area contributed by atoms with Crippen molar-refractivity contribution in [2.75, 3.05) is 0 Å². The van der Waals surface area contributed by atoms with Crippen LogP contribution in [0.1, 0.15) is 0 Å². The molecule has 0 N–H and O–H groups in total. The number of benzene rings is 5. The molecule has 0 unspecified atom stereocenters. The first-order chi connectivity index (χ1) is 25.2. The van der Waals surface area contributed by atoms with Crippen LogP contribution in [-0.2, 0) is 0 Å². The normalized spacial score (nSPS) is 11.5. The van der Waals surface area contributed by atoms with Gasteiger partial charge in [-0.15, -0.1) is 11.3 Å². The molecule has 0 saturated heterocycles. The average Bonchev–Trinajstić information content (AvgIpc) is 3.61. The molecule has 5 aromatic carbocycles. The number of nitrogens with zero attached hydrogens (tertiary/aromatic N) is 4. The van der Waals surface area contributed by atoms with Gasteiger partial charge in [0, 0.05) is 38.8 Å². The van der Waals surface area contributed by atoms with Crippen LogP contribution >= 0.6 is 11.3 Å². The highest BCUT2D eigenvalue weighted by Gasteiger charge is 2.17. The summed E-state index contributed by atoms with van der Waals surface area (Å²) in [6.45, 7) is 0. The molecule has 0 aliphatic rings. The zero-order valence-corrected chi connectivity index (χ0v) is 28.2. The van der Waals surface area contributed by atoms with Gasteiger partial charge in [-0.3, -0.25) is 9.97 Å². The quantitative estimate of drug-likeness (QED) is 0.171. The van der Waals surface area contributed by atoms with Gasteiger partial charge in [0.2, 0.25) is 0 Å². The van der Waals surface area contributed by atoms with Crippen LogP contribution in [0.4, 0.5) is 0 Å². The van der Waals surface area contributed by atoms with E-state index in [4.69, 9.17) is 9.97 Å². The number of fused-ring (bicyclic) bond motifs is 6. The molecule has 0 amide bonds. The van der Waals surface area contributed by atoms with Gasteiger partial charge >= 0.3 is 0 Å². The highest BCUT2D eigenvalue weighted by Crippen LogP contribution is 2.43. The summed E-state index contributed by atoms with van der Waals surface area (Å²) in [5.41, 5.74) is 10.9. The Labute approximate surface area is 298 Å². The van der Waals surface area contributed by atoms with Gasteiger partial charge in [-0.25, -0.2) is 9.97 Å². The van der Waals surface area contributed by atoms with Gasteiger partial charge in [-0.05, 0) is 87.6 Å². The maximum atomic E-state index is 5.32. The topological polar surface area (TPSA) is 51.6 Å². The lowest BCUT2D eigenvalue weighted by atomic mass is 9.97. The second kappa shape index (κ2) is 12.1. The minimum Gasteiger partial charge on any atom is -0.255 e. The standard InChI is InChI=1S/C46H28N4S/c1-2-10-34-26-40-37(25-33(34)9-1)44-36-11-3-4-14-43(36)51-46(44)45(50-40)32-21-19-30(20-22-32)29-15-17-31(18-16-29)35-27-41(38-12-5-7-23-47-38)49-42(28-35)39-13-6-8-24-48-39/h1-28H. The van der Waals surface area contributed by atoms with Crippen molar-refractivity contribution < 1.29 is 0 Å². The molecular weight excluding hydrogens is 641 g/mol. The van der Waals surface area contributed by atoms with Gasteiger partial charge in [0.05, 0.1) is 38.7 Å². The van der Waals surface area contributed by atoms with Crippen molar-refractivity contribution in [2.24, 2.45) is 0 Å². The van der Waals surface area contributed by atoms with Crippen molar-refractivity contribution in [3.8, 4) is 56.3 Å². The average molecular weight is 669 g/mol. The van der Waals surface area contributed by atoms with Gasteiger partial charge in [-0.1, -0.05) is 103 Å². The van der Waals surface area contributed by atoms with Gasteiger partial charge in [0.25, 0.3) is 0 Å². The molecule has 51 heavy (non-hydrogen) atoms. The molecule has 0 aliphatic heterocycles. The van der Waals surface area contributed by atoms with Crippen LogP contribution in [0.15, 0.2) is 170 Å². The highest BCUT2D eigenvalue weighted by atomic mass is 32.1. The van der Waals surface area contributed by atoms with Crippen LogP contribution in [0.25, 0.3) is 98.1 Å². The number of pyridine rings is 4. The van der Waals surface area contributed by atoms with Crippen molar-refractivity contribution in [1.82, 2.24) is 19.9 Å². The Morgan fingerprint density at radius 1 is 0.392 bits per heavy atom. The number of hydrogen-bond donors (Lipinski definition) is 0. The van der Waals surface area contributed by atoms with E-state index in [0.29, 0.717) is 0 Å². The van der Waals surface area contributed by atoms with Gasteiger partial charge in [0.15, 0.2) is 0 Å². The summed E-state index contributed by atoms with van der Waals surface area (Å²) in [6.07, 6.45) is 3.60. The Balaban J connectivity index is 1.03. The van der Waals surface area contributed by atoms with E-state index in [9.17, 15) is 0 Å². The fourth-order valence-corrected chi connectivity index (χ4v) is 8.26. The van der Waals surface area contributed by atoms with Crippen LogP contribution in [0, 0.1) is 0 Å². The maximum Gasteiger partial charge on any atom is 0.0900 e. The Morgan fingerprint density at radius 3 is 1.57 bits per heavy atom. The number of aromatic nitrogens is 4. The molecule has 5 aromatic heterocycles. The molecule has 238 valence electrons. The second-order valence-corrected chi connectivity index (χ2v) is 13.7. The minimum absolute atomic E-state index is 0.816. The van der Waals surface area contributed by atoms with Crippen molar-refractivity contribution in [2.45, 2.75) is 0 Å². The van der Waals surface area contributed by atoms with E-state index in [-0.39, 0.29) is 0 Å². The largest absolute Gasteiger partial charge is 0.255 e.